The van der Waals surface area contributed by atoms with Gasteiger partial charge in [0.05, 0.1) is 29.7 Å². The van der Waals surface area contributed by atoms with E-state index in [4.69, 9.17) is 10.00 Å². The highest BCUT2D eigenvalue weighted by molar-refractivity contribution is 5.57. The summed E-state index contributed by atoms with van der Waals surface area (Å²) in [5, 5.41) is 12.0. The Morgan fingerprint density at radius 2 is 1.91 bits per heavy atom. The Morgan fingerprint density at radius 3 is 2.48 bits per heavy atom. The van der Waals surface area contributed by atoms with Crippen LogP contribution in [0.3, 0.4) is 0 Å². The first-order valence-electron chi connectivity index (χ1n) is 7.63. The lowest BCUT2D eigenvalue weighted by Crippen LogP contribution is -2.45. The molecule has 0 unspecified atom stereocenters. The number of rotatable bonds is 3. The molecule has 2 aromatic rings. The molecule has 6 nitrogen and oxygen atoms in total. The number of anilines is 3. The third kappa shape index (κ3) is 3.76. The molecular weight excluding hydrogens is 290 g/mol. The fourth-order valence-electron chi connectivity index (χ4n) is 2.69. The number of hydrogen-bond acceptors (Lipinski definition) is 6. The van der Waals surface area contributed by atoms with Crippen molar-refractivity contribution in [3.63, 3.8) is 0 Å². The van der Waals surface area contributed by atoms with Gasteiger partial charge in [0.2, 0.25) is 0 Å². The molecule has 0 saturated carbocycles. The second-order valence-electron chi connectivity index (χ2n) is 5.74. The second kappa shape index (κ2) is 6.63. The zero-order valence-corrected chi connectivity index (χ0v) is 13.2. The highest BCUT2D eigenvalue weighted by atomic mass is 16.5. The van der Waals surface area contributed by atoms with Crippen molar-refractivity contribution in [1.29, 1.82) is 5.26 Å². The Kier molecular flexibility index (Phi) is 4.40. The Bertz CT molecular complexity index is 682. The molecular formula is C17H19N5O. The molecule has 1 saturated heterocycles. The first-order valence-corrected chi connectivity index (χ1v) is 7.63. The maximum atomic E-state index is 8.78. The fourth-order valence-corrected chi connectivity index (χ4v) is 2.69. The lowest BCUT2D eigenvalue weighted by Gasteiger charge is -2.36. The first kappa shape index (κ1) is 15.3. The number of nitrogens with one attached hydrogen (secondary N) is 1. The van der Waals surface area contributed by atoms with Gasteiger partial charge in [-0.2, -0.15) is 5.26 Å². The molecule has 2 aromatic heterocycles. The minimum absolute atomic E-state index is 0.209. The van der Waals surface area contributed by atoms with E-state index in [9.17, 15) is 0 Å². The van der Waals surface area contributed by atoms with E-state index in [1.165, 1.54) is 0 Å². The van der Waals surface area contributed by atoms with E-state index >= 15 is 0 Å². The van der Waals surface area contributed by atoms with Crippen molar-refractivity contribution in [1.82, 2.24) is 9.97 Å². The average molecular weight is 309 g/mol. The fraction of sp³-hybridized carbons (Fsp3) is 0.353. The van der Waals surface area contributed by atoms with Crippen molar-refractivity contribution in [3.8, 4) is 6.07 Å². The van der Waals surface area contributed by atoms with E-state index in [1.54, 1.807) is 24.5 Å². The van der Waals surface area contributed by atoms with Gasteiger partial charge in [-0.1, -0.05) is 0 Å². The van der Waals surface area contributed by atoms with Gasteiger partial charge in [-0.05, 0) is 38.1 Å². The molecule has 0 bridgehead atoms. The molecule has 23 heavy (non-hydrogen) atoms. The number of morpholine rings is 1. The van der Waals surface area contributed by atoms with Crippen molar-refractivity contribution in [2.24, 2.45) is 0 Å². The Hall–Kier alpha value is -2.65. The number of ether oxygens (including phenoxy) is 1. The summed E-state index contributed by atoms with van der Waals surface area (Å²) in [4.78, 5) is 11.0. The SMILES string of the molecule is C[C@@H]1CN(c2ccc(Nc3ccc(C#N)cn3)cn2)C[C@@H](C)O1. The predicted molar refractivity (Wildman–Crippen MR) is 88.7 cm³/mol. The van der Waals surface area contributed by atoms with Gasteiger partial charge in [0.1, 0.15) is 17.7 Å². The number of aromatic nitrogens is 2. The number of hydrogen-bond donors (Lipinski definition) is 1. The predicted octanol–water partition coefficient (Wildman–Crippen LogP) is 2.71. The molecule has 0 spiro atoms. The molecule has 0 aromatic carbocycles. The van der Waals surface area contributed by atoms with Crippen LogP contribution in [0.15, 0.2) is 36.7 Å². The van der Waals surface area contributed by atoms with Crippen molar-refractivity contribution in [2.45, 2.75) is 26.1 Å². The van der Waals surface area contributed by atoms with Crippen LogP contribution in [0.2, 0.25) is 0 Å². The molecule has 1 fully saturated rings. The zero-order chi connectivity index (χ0) is 16.2. The van der Waals surface area contributed by atoms with Crippen molar-refractivity contribution in [2.75, 3.05) is 23.3 Å². The van der Waals surface area contributed by atoms with Crippen LogP contribution in [0.25, 0.3) is 0 Å². The van der Waals surface area contributed by atoms with Crippen LogP contribution in [-0.2, 0) is 4.74 Å². The molecule has 1 aliphatic heterocycles. The third-order valence-electron chi connectivity index (χ3n) is 3.66. The van der Waals surface area contributed by atoms with Crippen LogP contribution >= 0.6 is 0 Å². The maximum absolute atomic E-state index is 8.78. The van der Waals surface area contributed by atoms with Crippen molar-refractivity contribution in [3.05, 3.63) is 42.2 Å². The zero-order valence-electron chi connectivity index (χ0n) is 13.2. The van der Waals surface area contributed by atoms with Crippen molar-refractivity contribution < 1.29 is 4.74 Å². The Morgan fingerprint density at radius 1 is 1.13 bits per heavy atom. The van der Waals surface area contributed by atoms with Gasteiger partial charge in [0, 0.05) is 19.3 Å². The molecule has 3 heterocycles. The molecule has 3 rings (SSSR count). The number of nitriles is 1. The highest BCUT2D eigenvalue weighted by Crippen LogP contribution is 2.21. The normalized spacial score (nSPS) is 20.8. The summed E-state index contributed by atoms with van der Waals surface area (Å²) in [5.41, 5.74) is 1.40. The van der Waals surface area contributed by atoms with Gasteiger partial charge in [-0.25, -0.2) is 9.97 Å². The van der Waals surface area contributed by atoms with E-state index in [1.807, 2.05) is 12.1 Å². The number of nitrogens with zero attached hydrogens (tertiary/aromatic N) is 4. The first-order chi connectivity index (χ1) is 11.1. The summed E-state index contributed by atoms with van der Waals surface area (Å²) in [5.74, 6) is 1.64. The third-order valence-corrected chi connectivity index (χ3v) is 3.66. The quantitative estimate of drug-likeness (QED) is 0.939. The van der Waals surface area contributed by atoms with Crippen LogP contribution < -0.4 is 10.2 Å². The summed E-state index contributed by atoms with van der Waals surface area (Å²) < 4.78 is 5.75. The Labute approximate surface area is 135 Å². The molecule has 6 heteroatoms. The van der Waals surface area contributed by atoms with Crippen LogP contribution in [0.1, 0.15) is 19.4 Å². The van der Waals surface area contributed by atoms with E-state index in [2.05, 4.69) is 40.1 Å². The van der Waals surface area contributed by atoms with E-state index < -0.39 is 0 Å². The summed E-state index contributed by atoms with van der Waals surface area (Å²) in [6.07, 6.45) is 3.75. The van der Waals surface area contributed by atoms with Gasteiger partial charge >= 0.3 is 0 Å². The lowest BCUT2D eigenvalue weighted by atomic mass is 10.2. The van der Waals surface area contributed by atoms with Crippen LogP contribution in [0.4, 0.5) is 17.3 Å². The maximum Gasteiger partial charge on any atom is 0.130 e. The molecule has 0 amide bonds. The van der Waals surface area contributed by atoms with Crippen molar-refractivity contribution >= 4 is 17.3 Å². The van der Waals surface area contributed by atoms with E-state index in [0.29, 0.717) is 11.4 Å². The van der Waals surface area contributed by atoms with Crippen LogP contribution in [0, 0.1) is 11.3 Å². The van der Waals surface area contributed by atoms with Crippen LogP contribution in [0.5, 0.6) is 0 Å². The summed E-state index contributed by atoms with van der Waals surface area (Å²) in [6.45, 7) is 5.85. The molecule has 0 radical (unpaired) electrons. The van der Waals surface area contributed by atoms with E-state index in [0.717, 1.165) is 24.6 Å². The molecule has 1 N–H and O–H groups in total. The largest absolute Gasteiger partial charge is 0.372 e. The molecule has 1 aliphatic rings. The standard InChI is InChI=1S/C17H19N5O/c1-12-10-22(11-13(2)23-12)17-6-4-15(9-20-17)21-16-5-3-14(7-18)8-19-16/h3-6,8-9,12-13H,10-11H2,1-2H3,(H,19,21)/t12-,13-/m1/s1. The average Bonchev–Trinajstić information content (AvgIpc) is 2.55. The summed E-state index contributed by atoms with van der Waals surface area (Å²) in [7, 11) is 0. The molecule has 118 valence electrons. The minimum Gasteiger partial charge on any atom is -0.372 e. The smallest absolute Gasteiger partial charge is 0.130 e. The molecule has 2 atom stereocenters. The monoisotopic (exact) mass is 309 g/mol. The topological polar surface area (TPSA) is 74.1 Å². The summed E-state index contributed by atoms with van der Waals surface area (Å²) in [6, 6.07) is 9.53. The van der Waals surface area contributed by atoms with E-state index in [-0.39, 0.29) is 12.2 Å². The lowest BCUT2D eigenvalue weighted by molar-refractivity contribution is -0.00545. The van der Waals surface area contributed by atoms with Gasteiger partial charge in [0.15, 0.2) is 0 Å². The number of pyridine rings is 2. The van der Waals surface area contributed by atoms with Gasteiger partial charge in [0.25, 0.3) is 0 Å². The van der Waals surface area contributed by atoms with Gasteiger partial charge in [-0.3, -0.25) is 0 Å². The van der Waals surface area contributed by atoms with Gasteiger partial charge < -0.3 is 15.0 Å². The minimum atomic E-state index is 0.209. The Balaban J connectivity index is 1.68. The summed E-state index contributed by atoms with van der Waals surface area (Å²) >= 11 is 0. The second-order valence-corrected chi connectivity index (χ2v) is 5.74. The van der Waals surface area contributed by atoms with Gasteiger partial charge in [-0.15, -0.1) is 0 Å². The highest BCUT2D eigenvalue weighted by Gasteiger charge is 2.22. The van der Waals surface area contributed by atoms with Crippen LogP contribution in [-0.4, -0.2) is 35.3 Å². The molecule has 0 aliphatic carbocycles.